The Labute approximate surface area is 160 Å². The highest BCUT2D eigenvalue weighted by molar-refractivity contribution is 7.12. The van der Waals surface area contributed by atoms with Crippen LogP contribution in [0.4, 0.5) is 5.82 Å². The fraction of sp³-hybridized carbons (Fsp3) is 0.263. The topological polar surface area (TPSA) is 90.1 Å². The molecule has 0 saturated heterocycles. The maximum atomic E-state index is 12.6. The number of nitrogens with zero attached hydrogens (tertiary/aromatic N) is 3. The average Bonchev–Trinajstić information content (AvgIpc) is 3.24. The van der Waals surface area contributed by atoms with Crippen LogP contribution < -0.4 is 5.32 Å². The summed E-state index contributed by atoms with van der Waals surface area (Å²) in [7, 11) is 0. The predicted molar refractivity (Wildman–Crippen MR) is 104 cm³/mol. The van der Waals surface area contributed by atoms with Crippen LogP contribution in [0.1, 0.15) is 44.9 Å². The van der Waals surface area contributed by atoms with Crippen molar-refractivity contribution in [2.45, 2.75) is 33.4 Å². The van der Waals surface area contributed by atoms with Crippen molar-refractivity contribution in [3.05, 3.63) is 79.2 Å². The lowest BCUT2D eigenvalue weighted by molar-refractivity contribution is -0.389. The largest absolute Gasteiger partial charge is 0.389 e. The van der Waals surface area contributed by atoms with Gasteiger partial charge >= 0.3 is 5.82 Å². The van der Waals surface area contributed by atoms with Gasteiger partial charge in [-0.1, -0.05) is 23.8 Å². The monoisotopic (exact) mass is 384 g/mol. The fourth-order valence-corrected chi connectivity index (χ4v) is 3.76. The molecule has 0 aliphatic rings. The lowest BCUT2D eigenvalue weighted by atomic mass is 10.0. The Morgan fingerprint density at radius 1 is 1.33 bits per heavy atom. The minimum Gasteiger partial charge on any atom is -0.358 e. The third-order valence-electron chi connectivity index (χ3n) is 4.28. The molecule has 1 unspecified atom stereocenters. The zero-order valence-electron chi connectivity index (χ0n) is 15.3. The average molecular weight is 384 g/mol. The van der Waals surface area contributed by atoms with Crippen LogP contribution >= 0.6 is 11.3 Å². The fourth-order valence-electron chi connectivity index (χ4n) is 2.96. The van der Waals surface area contributed by atoms with Crippen LogP contribution in [0, 0.1) is 24.0 Å². The zero-order chi connectivity index (χ0) is 19.6. The van der Waals surface area contributed by atoms with E-state index in [1.165, 1.54) is 27.6 Å². The van der Waals surface area contributed by atoms with E-state index in [1.807, 2.05) is 38.3 Å². The Morgan fingerprint density at radius 3 is 2.78 bits per heavy atom. The second-order valence-corrected chi connectivity index (χ2v) is 7.41. The number of aromatic nitrogens is 2. The third kappa shape index (κ3) is 4.40. The van der Waals surface area contributed by atoms with E-state index in [1.54, 1.807) is 12.3 Å². The first-order valence-corrected chi connectivity index (χ1v) is 9.34. The number of carbonyl (C=O) groups is 1. The standard InChI is InChI=1S/C19H20N4O3S/c1-12-4-5-16(13(2)8-12)14(3)20-19(24)17-9-15(11-27-17)10-22-7-6-18(21-22)23(25)26/h4-9,11,14H,10H2,1-3H3,(H,20,24). The summed E-state index contributed by atoms with van der Waals surface area (Å²) in [5.41, 5.74) is 4.31. The van der Waals surface area contributed by atoms with Gasteiger partial charge < -0.3 is 15.4 Å². The lowest BCUT2D eigenvalue weighted by Crippen LogP contribution is -2.26. The zero-order valence-corrected chi connectivity index (χ0v) is 16.1. The van der Waals surface area contributed by atoms with Gasteiger partial charge in [0.1, 0.15) is 0 Å². The second-order valence-electron chi connectivity index (χ2n) is 6.50. The van der Waals surface area contributed by atoms with Crippen LogP contribution in [0.2, 0.25) is 0 Å². The van der Waals surface area contributed by atoms with Gasteiger partial charge in [-0.2, -0.15) is 4.68 Å². The van der Waals surface area contributed by atoms with Crippen LogP contribution in [0.3, 0.4) is 0 Å². The van der Waals surface area contributed by atoms with Gasteiger partial charge in [0, 0.05) is 0 Å². The van der Waals surface area contributed by atoms with Gasteiger partial charge in [0.05, 0.1) is 34.8 Å². The Hall–Kier alpha value is -3.00. The molecule has 27 heavy (non-hydrogen) atoms. The summed E-state index contributed by atoms with van der Waals surface area (Å²) in [6, 6.07) is 9.23. The molecule has 0 fully saturated rings. The van der Waals surface area contributed by atoms with Crippen molar-refractivity contribution in [2.75, 3.05) is 0 Å². The van der Waals surface area contributed by atoms with E-state index in [0.29, 0.717) is 11.4 Å². The highest BCUT2D eigenvalue weighted by atomic mass is 32.1. The molecule has 0 bridgehead atoms. The summed E-state index contributed by atoms with van der Waals surface area (Å²) >= 11 is 1.35. The lowest BCUT2D eigenvalue weighted by Gasteiger charge is -2.16. The first kappa shape index (κ1) is 18.8. The van der Waals surface area contributed by atoms with Crippen LogP contribution in [0.15, 0.2) is 41.9 Å². The van der Waals surface area contributed by atoms with Crippen molar-refractivity contribution in [3.63, 3.8) is 0 Å². The molecule has 0 saturated carbocycles. The molecular formula is C19H20N4O3S. The molecule has 140 valence electrons. The van der Waals surface area contributed by atoms with E-state index in [9.17, 15) is 14.9 Å². The molecule has 3 aromatic rings. The van der Waals surface area contributed by atoms with E-state index in [0.717, 1.165) is 16.7 Å². The maximum absolute atomic E-state index is 12.6. The summed E-state index contributed by atoms with van der Waals surface area (Å²) in [6.45, 7) is 6.43. The van der Waals surface area contributed by atoms with Gasteiger partial charge in [-0.3, -0.25) is 4.79 Å². The predicted octanol–water partition coefficient (Wildman–Crippen LogP) is 4.01. The summed E-state index contributed by atoms with van der Waals surface area (Å²) in [5, 5.41) is 19.5. The molecule has 1 aromatic carbocycles. The number of rotatable bonds is 6. The van der Waals surface area contributed by atoms with Gasteiger partial charge in [-0.15, -0.1) is 11.3 Å². The summed E-state index contributed by atoms with van der Waals surface area (Å²) < 4.78 is 1.49. The van der Waals surface area contributed by atoms with Crippen LogP contribution in [-0.4, -0.2) is 20.6 Å². The minimum atomic E-state index is -0.530. The van der Waals surface area contributed by atoms with E-state index in [4.69, 9.17) is 0 Å². The first-order valence-electron chi connectivity index (χ1n) is 8.47. The van der Waals surface area contributed by atoms with E-state index < -0.39 is 4.92 Å². The highest BCUT2D eigenvalue weighted by Gasteiger charge is 2.16. The number of carbonyl (C=O) groups excluding carboxylic acids is 1. The molecule has 7 nitrogen and oxygen atoms in total. The molecule has 1 atom stereocenters. The van der Waals surface area contributed by atoms with Crippen molar-refractivity contribution in [2.24, 2.45) is 0 Å². The highest BCUT2D eigenvalue weighted by Crippen LogP contribution is 2.21. The van der Waals surface area contributed by atoms with Crippen molar-refractivity contribution in [3.8, 4) is 0 Å². The quantitative estimate of drug-likeness (QED) is 0.514. The van der Waals surface area contributed by atoms with Crippen LogP contribution in [-0.2, 0) is 6.54 Å². The Kier molecular flexibility index (Phi) is 5.36. The first-order chi connectivity index (χ1) is 12.8. The molecule has 3 rings (SSSR count). The molecule has 0 aliphatic carbocycles. The smallest absolute Gasteiger partial charge is 0.358 e. The molecule has 2 aromatic heterocycles. The molecule has 0 aliphatic heterocycles. The number of nitro groups is 1. The number of aryl methyl sites for hydroxylation is 2. The maximum Gasteiger partial charge on any atom is 0.389 e. The molecule has 1 amide bonds. The van der Waals surface area contributed by atoms with Crippen molar-refractivity contribution < 1.29 is 9.72 Å². The number of nitrogens with one attached hydrogen (secondary N) is 1. The molecule has 0 radical (unpaired) electrons. The number of hydrogen-bond acceptors (Lipinski definition) is 5. The summed E-state index contributed by atoms with van der Waals surface area (Å²) in [4.78, 5) is 23.3. The molecule has 0 spiro atoms. The van der Waals surface area contributed by atoms with Gasteiger partial charge in [-0.25, -0.2) is 0 Å². The number of amides is 1. The van der Waals surface area contributed by atoms with E-state index in [-0.39, 0.29) is 17.8 Å². The van der Waals surface area contributed by atoms with Gasteiger partial charge in [0.2, 0.25) is 0 Å². The molecule has 1 N–H and O–H groups in total. The Balaban J connectivity index is 1.66. The Morgan fingerprint density at radius 2 is 2.11 bits per heavy atom. The normalized spacial score (nSPS) is 12.0. The van der Waals surface area contributed by atoms with Crippen molar-refractivity contribution in [1.82, 2.24) is 15.1 Å². The number of thiophene rings is 1. The van der Waals surface area contributed by atoms with Crippen molar-refractivity contribution >= 4 is 23.1 Å². The Bertz CT molecular complexity index is 993. The van der Waals surface area contributed by atoms with Gasteiger partial charge in [0.25, 0.3) is 5.91 Å². The minimum absolute atomic E-state index is 0.0996. The molecule has 2 heterocycles. The second kappa shape index (κ2) is 7.71. The third-order valence-corrected chi connectivity index (χ3v) is 5.25. The van der Waals surface area contributed by atoms with Crippen molar-refractivity contribution in [1.29, 1.82) is 0 Å². The summed E-state index contributed by atoms with van der Waals surface area (Å²) in [6.07, 6.45) is 1.55. The van der Waals surface area contributed by atoms with Gasteiger partial charge in [-0.05, 0) is 53.8 Å². The number of hydrogen-bond donors (Lipinski definition) is 1. The van der Waals surface area contributed by atoms with E-state index >= 15 is 0 Å². The number of benzene rings is 1. The summed E-state index contributed by atoms with van der Waals surface area (Å²) in [5.74, 6) is -0.323. The van der Waals surface area contributed by atoms with E-state index in [2.05, 4.69) is 16.5 Å². The van der Waals surface area contributed by atoms with Crippen LogP contribution in [0.25, 0.3) is 0 Å². The SMILES string of the molecule is Cc1ccc(C(C)NC(=O)c2cc(Cn3ccc([N+](=O)[O-])n3)cs2)c(C)c1. The van der Waals surface area contributed by atoms with Gasteiger partial charge in [0.15, 0.2) is 0 Å². The van der Waals surface area contributed by atoms with Crippen LogP contribution in [0.5, 0.6) is 0 Å². The molecule has 8 heteroatoms. The molecular weight excluding hydrogens is 364 g/mol.